The number of amides is 2. The van der Waals surface area contributed by atoms with Gasteiger partial charge in [0.25, 0.3) is 0 Å². The SMILES string of the molecule is Cl.O=C(CSCC(=O)N1CCNCC1c1cccc(F)c1)N1CCCCC1. The van der Waals surface area contributed by atoms with E-state index in [0.29, 0.717) is 18.8 Å². The summed E-state index contributed by atoms with van der Waals surface area (Å²) in [6.07, 6.45) is 3.34. The summed E-state index contributed by atoms with van der Waals surface area (Å²) in [5, 5.41) is 3.27. The van der Waals surface area contributed by atoms with Crippen molar-refractivity contribution in [1.29, 1.82) is 0 Å². The Labute approximate surface area is 170 Å². The topological polar surface area (TPSA) is 52.7 Å². The Morgan fingerprint density at radius 1 is 1.11 bits per heavy atom. The molecule has 1 aromatic rings. The smallest absolute Gasteiger partial charge is 0.233 e. The normalized spacial score (nSPS) is 20.1. The second-order valence-electron chi connectivity index (χ2n) is 6.80. The maximum atomic E-state index is 13.5. The number of thioether (sulfide) groups is 1. The van der Waals surface area contributed by atoms with Crippen LogP contribution in [-0.2, 0) is 9.59 Å². The largest absolute Gasteiger partial charge is 0.342 e. The van der Waals surface area contributed by atoms with Gasteiger partial charge >= 0.3 is 0 Å². The van der Waals surface area contributed by atoms with Crippen LogP contribution in [0, 0.1) is 5.82 Å². The van der Waals surface area contributed by atoms with Gasteiger partial charge < -0.3 is 15.1 Å². The highest BCUT2D eigenvalue weighted by Gasteiger charge is 2.28. The number of nitrogens with one attached hydrogen (secondary N) is 1. The number of carbonyl (C=O) groups is 2. The van der Waals surface area contributed by atoms with Gasteiger partial charge in [-0.05, 0) is 37.0 Å². The van der Waals surface area contributed by atoms with Crippen molar-refractivity contribution in [1.82, 2.24) is 15.1 Å². The molecule has 2 fully saturated rings. The Morgan fingerprint density at radius 3 is 2.59 bits per heavy atom. The van der Waals surface area contributed by atoms with Crippen LogP contribution in [0.15, 0.2) is 24.3 Å². The fourth-order valence-electron chi connectivity index (χ4n) is 3.56. The van der Waals surface area contributed by atoms with Crippen molar-refractivity contribution >= 4 is 36.0 Å². The van der Waals surface area contributed by atoms with E-state index in [1.807, 2.05) is 15.9 Å². The quantitative estimate of drug-likeness (QED) is 0.802. The summed E-state index contributed by atoms with van der Waals surface area (Å²) in [5.74, 6) is 0.483. The molecule has 1 atom stereocenters. The van der Waals surface area contributed by atoms with E-state index < -0.39 is 0 Å². The highest BCUT2D eigenvalue weighted by Crippen LogP contribution is 2.24. The minimum Gasteiger partial charge on any atom is -0.342 e. The molecular formula is C19H27ClFN3O2S. The molecule has 2 heterocycles. The molecule has 0 saturated carbocycles. The zero-order valence-corrected chi connectivity index (χ0v) is 17.0. The van der Waals surface area contributed by atoms with Crippen LogP contribution in [0.3, 0.4) is 0 Å². The highest BCUT2D eigenvalue weighted by molar-refractivity contribution is 8.00. The maximum Gasteiger partial charge on any atom is 0.233 e. The van der Waals surface area contributed by atoms with Crippen LogP contribution in [0.25, 0.3) is 0 Å². The average Bonchev–Trinajstić information content (AvgIpc) is 2.68. The lowest BCUT2D eigenvalue weighted by Crippen LogP contribution is -2.49. The molecule has 3 rings (SSSR count). The van der Waals surface area contributed by atoms with E-state index in [9.17, 15) is 14.0 Å². The fraction of sp³-hybridized carbons (Fsp3) is 0.579. The van der Waals surface area contributed by atoms with Gasteiger partial charge in [0.1, 0.15) is 5.82 Å². The number of halogens is 2. The van der Waals surface area contributed by atoms with Crippen LogP contribution < -0.4 is 5.32 Å². The van der Waals surface area contributed by atoms with Crippen molar-refractivity contribution in [3.05, 3.63) is 35.6 Å². The molecule has 1 unspecified atom stereocenters. The van der Waals surface area contributed by atoms with Crippen LogP contribution in [0.4, 0.5) is 4.39 Å². The van der Waals surface area contributed by atoms with Crippen LogP contribution >= 0.6 is 24.2 Å². The van der Waals surface area contributed by atoms with Crippen molar-refractivity contribution in [2.75, 3.05) is 44.2 Å². The van der Waals surface area contributed by atoms with Crippen molar-refractivity contribution in [2.24, 2.45) is 0 Å². The maximum absolute atomic E-state index is 13.5. The minimum absolute atomic E-state index is 0. The van der Waals surface area contributed by atoms with Crippen LogP contribution in [0.1, 0.15) is 30.9 Å². The number of rotatable bonds is 5. The Bertz CT molecular complexity index is 643. The molecular weight excluding hydrogens is 389 g/mol. The number of benzene rings is 1. The molecule has 2 amide bonds. The van der Waals surface area contributed by atoms with Gasteiger partial charge in [-0.3, -0.25) is 9.59 Å². The molecule has 0 bridgehead atoms. The molecule has 0 aromatic heterocycles. The van der Waals surface area contributed by atoms with Crippen LogP contribution in [-0.4, -0.2) is 65.8 Å². The zero-order valence-electron chi connectivity index (χ0n) is 15.4. The number of hydrogen-bond acceptors (Lipinski definition) is 4. The molecule has 1 aromatic carbocycles. The zero-order chi connectivity index (χ0) is 18.4. The van der Waals surface area contributed by atoms with E-state index in [2.05, 4.69) is 5.32 Å². The third-order valence-corrected chi connectivity index (χ3v) is 5.86. The third-order valence-electron chi connectivity index (χ3n) is 4.96. The summed E-state index contributed by atoms with van der Waals surface area (Å²) in [6, 6.07) is 6.27. The molecule has 2 aliphatic rings. The molecule has 150 valence electrons. The number of likely N-dealkylation sites (tertiary alicyclic amines) is 1. The molecule has 0 spiro atoms. The standard InChI is InChI=1S/C19H26FN3O2S.ClH/c20-16-6-4-5-15(11-16)17-12-21-7-10-23(17)19(25)14-26-13-18(24)22-8-2-1-3-9-22;/h4-6,11,17,21H,1-3,7-10,12-14H2;1H. The molecule has 0 aliphatic carbocycles. The number of nitrogens with zero attached hydrogens (tertiary/aromatic N) is 2. The molecule has 1 N–H and O–H groups in total. The fourth-order valence-corrected chi connectivity index (χ4v) is 4.36. The molecule has 8 heteroatoms. The van der Waals surface area contributed by atoms with Crippen molar-refractivity contribution in [3.8, 4) is 0 Å². The summed E-state index contributed by atoms with van der Waals surface area (Å²) in [5.41, 5.74) is 0.806. The molecule has 27 heavy (non-hydrogen) atoms. The van der Waals surface area contributed by atoms with Crippen molar-refractivity contribution < 1.29 is 14.0 Å². The average molecular weight is 416 g/mol. The van der Waals surface area contributed by atoms with E-state index in [1.54, 1.807) is 6.07 Å². The van der Waals surface area contributed by atoms with Gasteiger partial charge in [-0.15, -0.1) is 24.2 Å². The number of piperazine rings is 1. The molecule has 2 aliphatic heterocycles. The predicted octanol–water partition coefficient (Wildman–Crippen LogP) is 2.47. The van der Waals surface area contributed by atoms with E-state index in [1.165, 1.54) is 30.3 Å². The molecule has 5 nitrogen and oxygen atoms in total. The second kappa shape index (κ2) is 10.9. The van der Waals surface area contributed by atoms with Gasteiger partial charge in [0.15, 0.2) is 0 Å². The third kappa shape index (κ3) is 6.09. The summed E-state index contributed by atoms with van der Waals surface area (Å²) < 4.78 is 13.5. The Hall–Kier alpha value is -1.31. The van der Waals surface area contributed by atoms with E-state index >= 15 is 0 Å². The van der Waals surface area contributed by atoms with E-state index in [4.69, 9.17) is 0 Å². The highest BCUT2D eigenvalue weighted by atomic mass is 35.5. The molecule has 0 radical (unpaired) electrons. The summed E-state index contributed by atoms with van der Waals surface area (Å²) in [6.45, 7) is 3.63. The Balaban J connectivity index is 0.00000261. The van der Waals surface area contributed by atoms with Gasteiger partial charge in [0, 0.05) is 32.7 Å². The van der Waals surface area contributed by atoms with Crippen LogP contribution in [0.2, 0.25) is 0 Å². The molecule has 2 saturated heterocycles. The first-order chi connectivity index (χ1) is 12.6. The lowest BCUT2D eigenvalue weighted by molar-refractivity contribution is -0.131. The van der Waals surface area contributed by atoms with Gasteiger partial charge in [0.05, 0.1) is 17.5 Å². The van der Waals surface area contributed by atoms with E-state index in [-0.39, 0.29) is 41.8 Å². The minimum atomic E-state index is -0.290. The van der Waals surface area contributed by atoms with Crippen molar-refractivity contribution in [2.45, 2.75) is 25.3 Å². The summed E-state index contributed by atoms with van der Waals surface area (Å²) in [7, 11) is 0. The summed E-state index contributed by atoms with van der Waals surface area (Å²) in [4.78, 5) is 28.6. The lowest BCUT2D eigenvalue weighted by atomic mass is 10.0. The Morgan fingerprint density at radius 2 is 1.85 bits per heavy atom. The lowest BCUT2D eigenvalue weighted by Gasteiger charge is -2.36. The van der Waals surface area contributed by atoms with E-state index in [0.717, 1.165) is 38.0 Å². The first kappa shape index (κ1) is 22.0. The van der Waals surface area contributed by atoms with Gasteiger partial charge in [-0.25, -0.2) is 4.39 Å². The van der Waals surface area contributed by atoms with Crippen LogP contribution in [0.5, 0.6) is 0 Å². The first-order valence-electron chi connectivity index (χ1n) is 9.26. The number of carbonyl (C=O) groups excluding carboxylic acids is 2. The second-order valence-corrected chi connectivity index (χ2v) is 7.78. The Kier molecular flexibility index (Phi) is 8.86. The predicted molar refractivity (Wildman–Crippen MR) is 109 cm³/mol. The summed E-state index contributed by atoms with van der Waals surface area (Å²) >= 11 is 1.38. The number of piperidine rings is 1. The van der Waals surface area contributed by atoms with Gasteiger partial charge in [-0.1, -0.05) is 12.1 Å². The van der Waals surface area contributed by atoms with Crippen molar-refractivity contribution in [3.63, 3.8) is 0 Å². The first-order valence-corrected chi connectivity index (χ1v) is 10.4. The van der Waals surface area contributed by atoms with Gasteiger partial charge in [0.2, 0.25) is 11.8 Å². The number of hydrogen-bond donors (Lipinski definition) is 1. The van der Waals surface area contributed by atoms with Gasteiger partial charge in [-0.2, -0.15) is 0 Å². The monoisotopic (exact) mass is 415 g/mol.